The molecule has 3 aromatic heterocycles. The van der Waals surface area contributed by atoms with E-state index in [4.69, 9.17) is 14.5 Å². The van der Waals surface area contributed by atoms with Gasteiger partial charge in [0.25, 0.3) is 5.69 Å². The van der Waals surface area contributed by atoms with Crippen LogP contribution < -0.4 is 5.32 Å². The fourth-order valence-electron chi connectivity index (χ4n) is 3.69. The van der Waals surface area contributed by atoms with Crippen molar-refractivity contribution in [2.75, 3.05) is 5.32 Å². The molecule has 0 amide bonds. The summed E-state index contributed by atoms with van der Waals surface area (Å²) in [5.41, 5.74) is 2.21. The van der Waals surface area contributed by atoms with Gasteiger partial charge in [0.2, 0.25) is 11.6 Å². The highest BCUT2D eigenvalue weighted by Gasteiger charge is 2.22. The van der Waals surface area contributed by atoms with Crippen LogP contribution in [0.2, 0.25) is 0 Å². The fraction of sp³-hybridized carbons (Fsp3) is 0.250. The number of hydrogen-bond donors (Lipinski definition) is 1. The van der Waals surface area contributed by atoms with Gasteiger partial charge < -0.3 is 9.84 Å². The number of thiophene rings is 1. The van der Waals surface area contributed by atoms with Gasteiger partial charge in [-0.25, -0.2) is 9.97 Å². The predicted molar refractivity (Wildman–Crippen MR) is 110 cm³/mol. The Kier molecular flexibility index (Phi) is 4.44. The fourth-order valence-corrected chi connectivity index (χ4v) is 4.95. The average molecular weight is 407 g/mol. The monoisotopic (exact) mass is 407 g/mol. The van der Waals surface area contributed by atoms with Crippen molar-refractivity contribution in [2.45, 2.75) is 32.2 Å². The highest BCUT2D eigenvalue weighted by Crippen LogP contribution is 2.39. The number of rotatable bonds is 5. The van der Waals surface area contributed by atoms with E-state index in [-0.39, 0.29) is 10.6 Å². The minimum atomic E-state index is -0.385. The molecule has 29 heavy (non-hydrogen) atoms. The van der Waals surface area contributed by atoms with Crippen LogP contribution >= 0.6 is 11.3 Å². The third-order valence-corrected chi connectivity index (χ3v) is 6.24. The number of fused-ring (bicyclic) bond motifs is 3. The van der Waals surface area contributed by atoms with Crippen molar-refractivity contribution < 1.29 is 9.45 Å². The normalized spacial score (nSPS) is 13.4. The molecule has 0 bridgehead atoms. The number of non-ortho nitro benzene ring substituents is 1. The topological polar surface area (TPSA) is 107 Å². The number of nitrogens with one attached hydrogen (secondary N) is 1. The van der Waals surface area contributed by atoms with Crippen LogP contribution in [0.4, 0.5) is 11.5 Å². The average Bonchev–Trinajstić information content (AvgIpc) is 3.40. The molecule has 1 aliphatic rings. The minimum Gasteiger partial charge on any atom is -0.365 e. The van der Waals surface area contributed by atoms with Crippen molar-refractivity contribution in [1.82, 2.24) is 15.1 Å². The molecule has 0 saturated carbocycles. The standard InChI is InChI=1S/C20H17N5O3S/c26-25(27)13-5-3-4-12(10-13)11-21-19-17-14-6-1-2-7-16(14)29-20(17)24-18(23-19)15-8-9-22-28-15/h3-5,8-10H,1-2,6-7,11H2,(H,21,23,24). The van der Waals surface area contributed by atoms with Crippen molar-refractivity contribution in [3.63, 3.8) is 0 Å². The van der Waals surface area contributed by atoms with Crippen LogP contribution in [-0.2, 0) is 19.4 Å². The molecule has 4 aromatic rings. The summed E-state index contributed by atoms with van der Waals surface area (Å²) in [6.45, 7) is 0.425. The zero-order valence-corrected chi connectivity index (χ0v) is 16.2. The molecule has 1 aliphatic carbocycles. The highest BCUT2D eigenvalue weighted by atomic mass is 32.1. The molecule has 0 atom stereocenters. The molecule has 9 heteroatoms. The molecule has 1 N–H and O–H groups in total. The number of benzene rings is 1. The van der Waals surface area contributed by atoms with Gasteiger partial charge in [0.05, 0.1) is 16.5 Å². The summed E-state index contributed by atoms with van der Waals surface area (Å²) >= 11 is 1.71. The van der Waals surface area contributed by atoms with E-state index < -0.39 is 0 Å². The number of aryl methyl sites for hydroxylation is 2. The summed E-state index contributed by atoms with van der Waals surface area (Å²) in [4.78, 5) is 22.4. The Bertz CT molecular complexity index is 1200. The number of nitro benzene ring substituents is 1. The quantitative estimate of drug-likeness (QED) is 0.376. The van der Waals surface area contributed by atoms with Crippen LogP contribution in [0.5, 0.6) is 0 Å². The van der Waals surface area contributed by atoms with E-state index in [1.165, 1.54) is 22.9 Å². The molecule has 1 aromatic carbocycles. The van der Waals surface area contributed by atoms with Gasteiger partial charge in [0.1, 0.15) is 10.6 Å². The summed E-state index contributed by atoms with van der Waals surface area (Å²) in [6, 6.07) is 8.35. The van der Waals surface area contributed by atoms with Crippen molar-refractivity contribution in [2.24, 2.45) is 0 Å². The van der Waals surface area contributed by atoms with Gasteiger partial charge in [0.15, 0.2) is 0 Å². The maximum Gasteiger partial charge on any atom is 0.269 e. The predicted octanol–water partition coefficient (Wildman–Crippen LogP) is 4.75. The molecular formula is C20H17N5O3S. The summed E-state index contributed by atoms with van der Waals surface area (Å²) in [7, 11) is 0. The van der Waals surface area contributed by atoms with E-state index in [1.807, 2.05) is 6.07 Å². The lowest BCUT2D eigenvalue weighted by Crippen LogP contribution is -2.06. The van der Waals surface area contributed by atoms with Crippen molar-refractivity contribution in [1.29, 1.82) is 0 Å². The number of nitrogens with zero attached hydrogens (tertiary/aromatic N) is 4. The van der Waals surface area contributed by atoms with Gasteiger partial charge in [-0.15, -0.1) is 11.3 Å². The SMILES string of the molecule is O=[N+]([O-])c1cccc(CNc2nc(-c3ccno3)nc3sc4c(c23)CCCC4)c1. The number of hydrogen-bond acceptors (Lipinski definition) is 8. The lowest BCUT2D eigenvalue weighted by molar-refractivity contribution is -0.384. The zero-order valence-electron chi connectivity index (χ0n) is 15.4. The maximum atomic E-state index is 11.1. The third-order valence-electron chi connectivity index (χ3n) is 5.05. The lowest BCUT2D eigenvalue weighted by Gasteiger charge is -2.13. The Balaban J connectivity index is 1.56. The van der Waals surface area contributed by atoms with Gasteiger partial charge >= 0.3 is 0 Å². The molecule has 0 unspecified atom stereocenters. The van der Waals surface area contributed by atoms with Crippen LogP contribution in [-0.4, -0.2) is 20.0 Å². The van der Waals surface area contributed by atoms with E-state index in [2.05, 4.69) is 10.5 Å². The summed E-state index contributed by atoms with van der Waals surface area (Å²) in [5, 5.41) is 19.2. The molecule has 5 rings (SSSR count). The van der Waals surface area contributed by atoms with Crippen molar-refractivity contribution in [3.8, 4) is 11.6 Å². The third kappa shape index (κ3) is 3.33. The Morgan fingerprint density at radius 3 is 2.93 bits per heavy atom. The van der Waals surface area contributed by atoms with Crippen molar-refractivity contribution >= 4 is 33.1 Å². The van der Waals surface area contributed by atoms with Gasteiger partial charge in [0, 0.05) is 29.6 Å². The van der Waals surface area contributed by atoms with Crippen LogP contribution in [0.3, 0.4) is 0 Å². The van der Waals surface area contributed by atoms with Gasteiger partial charge in [-0.2, -0.15) is 0 Å². The molecule has 0 aliphatic heterocycles. The molecule has 3 heterocycles. The Morgan fingerprint density at radius 2 is 2.10 bits per heavy atom. The van der Waals surface area contributed by atoms with Gasteiger partial charge in [-0.05, 0) is 36.8 Å². The van der Waals surface area contributed by atoms with Gasteiger partial charge in [-0.1, -0.05) is 17.3 Å². The van der Waals surface area contributed by atoms with E-state index in [9.17, 15) is 10.1 Å². The van der Waals surface area contributed by atoms with Crippen LogP contribution in [0.15, 0.2) is 41.1 Å². The number of nitro groups is 1. The van der Waals surface area contributed by atoms with Gasteiger partial charge in [-0.3, -0.25) is 10.1 Å². The molecular weight excluding hydrogens is 390 g/mol. The Labute approximate surface area is 169 Å². The van der Waals surface area contributed by atoms with E-state index >= 15 is 0 Å². The smallest absolute Gasteiger partial charge is 0.269 e. The van der Waals surface area contributed by atoms with E-state index in [0.29, 0.717) is 18.1 Å². The largest absolute Gasteiger partial charge is 0.365 e. The first kappa shape index (κ1) is 17.7. The molecule has 8 nitrogen and oxygen atoms in total. The number of aromatic nitrogens is 3. The van der Waals surface area contributed by atoms with E-state index in [1.54, 1.807) is 35.7 Å². The Morgan fingerprint density at radius 1 is 1.21 bits per heavy atom. The highest BCUT2D eigenvalue weighted by molar-refractivity contribution is 7.19. The maximum absolute atomic E-state index is 11.1. The lowest BCUT2D eigenvalue weighted by atomic mass is 9.97. The molecule has 0 saturated heterocycles. The summed E-state index contributed by atoms with van der Waals surface area (Å²) < 4.78 is 5.26. The first-order valence-corrected chi connectivity index (χ1v) is 10.2. The molecule has 146 valence electrons. The van der Waals surface area contributed by atoms with Crippen LogP contribution in [0, 0.1) is 10.1 Å². The first-order valence-electron chi connectivity index (χ1n) is 9.39. The van der Waals surface area contributed by atoms with E-state index in [0.717, 1.165) is 40.9 Å². The second-order valence-electron chi connectivity index (χ2n) is 6.94. The van der Waals surface area contributed by atoms with Crippen LogP contribution in [0.25, 0.3) is 21.8 Å². The second kappa shape index (κ2) is 7.25. The molecule has 0 fully saturated rings. The zero-order chi connectivity index (χ0) is 19.8. The second-order valence-corrected chi connectivity index (χ2v) is 8.03. The summed E-state index contributed by atoms with van der Waals surface area (Å²) in [5.74, 6) is 1.72. The molecule has 0 spiro atoms. The summed E-state index contributed by atoms with van der Waals surface area (Å²) in [6.07, 6.45) is 6.01. The molecule has 0 radical (unpaired) electrons. The van der Waals surface area contributed by atoms with Crippen molar-refractivity contribution in [3.05, 3.63) is 62.6 Å². The minimum absolute atomic E-state index is 0.0763. The number of anilines is 1. The van der Waals surface area contributed by atoms with Crippen LogP contribution in [0.1, 0.15) is 28.8 Å². The Hall–Kier alpha value is -3.33. The first-order chi connectivity index (χ1) is 14.2.